The molecule has 0 saturated carbocycles. The lowest BCUT2D eigenvalue weighted by atomic mass is 10.1. The van der Waals surface area contributed by atoms with E-state index in [-0.39, 0.29) is 12.1 Å². The SMILES string of the molecule is COC(=O)/C(Cc1cc(Br)cc(Br)c1OCc1ccccc1)=N\O. The van der Waals surface area contributed by atoms with Crippen LogP contribution in [0.5, 0.6) is 5.75 Å². The van der Waals surface area contributed by atoms with E-state index in [4.69, 9.17) is 9.94 Å². The van der Waals surface area contributed by atoms with Crippen LogP contribution in [-0.2, 0) is 22.6 Å². The van der Waals surface area contributed by atoms with E-state index < -0.39 is 5.97 Å². The molecule has 24 heavy (non-hydrogen) atoms. The Labute approximate surface area is 156 Å². The van der Waals surface area contributed by atoms with Gasteiger partial charge in [0.25, 0.3) is 0 Å². The van der Waals surface area contributed by atoms with Crippen LogP contribution in [0.4, 0.5) is 0 Å². The van der Waals surface area contributed by atoms with E-state index in [1.807, 2.05) is 36.4 Å². The molecule has 1 N–H and O–H groups in total. The molecular formula is C17H15Br2NO4. The molecular weight excluding hydrogens is 442 g/mol. The van der Waals surface area contributed by atoms with Crippen LogP contribution in [0.3, 0.4) is 0 Å². The van der Waals surface area contributed by atoms with E-state index >= 15 is 0 Å². The zero-order valence-electron chi connectivity index (χ0n) is 12.8. The fraction of sp³-hybridized carbons (Fsp3) is 0.176. The van der Waals surface area contributed by atoms with Gasteiger partial charge in [0.2, 0.25) is 0 Å². The summed E-state index contributed by atoms with van der Waals surface area (Å²) in [7, 11) is 1.23. The predicted octanol–water partition coefficient (Wildman–Crippen LogP) is 4.34. The van der Waals surface area contributed by atoms with Crippen LogP contribution < -0.4 is 4.74 Å². The molecule has 0 radical (unpaired) electrons. The summed E-state index contributed by atoms with van der Waals surface area (Å²) in [6.45, 7) is 0.373. The van der Waals surface area contributed by atoms with Gasteiger partial charge in [0.05, 0.1) is 11.6 Å². The topological polar surface area (TPSA) is 68.1 Å². The largest absolute Gasteiger partial charge is 0.487 e. The first-order valence-corrected chi connectivity index (χ1v) is 8.57. The van der Waals surface area contributed by atoms with Crippen LogP contribution in [-0.4, -0.2) is 24.0 Å². The number of carbonyl (C=O) groups is 1. The highest BCUT2D eigenvalue weighted by Crippen LogP contribution is 2.34. The van der Waals surface area contributed by atoms with Gasteiger partial charge in [-0.25, -0.2) is 4.79 Å². The van der Waals surface area contributed by atoms with Crippen molar-refractivity contribution < 1.29 is 19.5 Å². The highest BCUT2D eigenvalue weighted by molar-refractivity contribution is 9.11. The zero-order chi connectivity index (χ0) is 17.5. The molecule has 0 fully saturated rings. The molecule has 2 aromatic carbocycles. The fourth-order valence-corrected chi connectivity index (χ4v) is 3.51. The van der Waals surface area contributed by atoms with Gasteiger partial charge >= 0.3 is 5.97 Å². The minimum atomic E-state index is -0.692. The number of benzene rings is 2. The molecule has 0 spiro atoms. The van der Waals surface area contributed by atoms with Crippen molar-refractivity contribution in [3.05, 3.63) is 62.5 Å². The minimum Gasteiger partial charge on any atom is -0.487 e. The summed E-state index contributed by atoms with van der Waals surface area (Å²) in [4.78, 5) is 11.6. The number of nitrogens with zero attached hydrogens (tertiary/aromatic N) is 1. The summed E-state index contributed by atoms with van der Waals surface area (Å²) in [5.74, 6) is -0.116. The number of hydrogen-bond acceptors (Lipinski definition) is 5. The van der Waals surface area contributed by atoms with Crippen molar-refractivity contribution in [2.45, 2.75) is 13.0 Å². The Morgan fingerprint density at radius 1 is 1.21 bits per heavy atom. The van der Waals surface area contributed by atoms with E-state index in [0.29, 0.717) is 17.9 Å². The van der Waals surface area contributed by atoms with E-state index in [1.54, 1.807) is 6.07 Å². The maximum Gasteiger partial charge on any atom is 0.356 e. The smallest absolute Gasteiger partial charge is 0.356 e. The quantitative estimate of drug-likeness (QED) is 0.304. The summed E-state index contributed by atoms with van der Waals surface area (Å²) in [5.41, 5.74) is 1.60. The third-order valence-corrected chi connectivity index (χ3v) is 4.26. The van der Waals surface area contributed by atoms with Crippen LogP contribution in [0.2, 0.25) is 0 Å². The molecule has 0 aliphatic carbocycles. The number of rotatable bonds is 6. The molecule has 0 bridgehead atoms. The number of halogens is 2. The van der Waals surface area contributed by atoms with Gasteiger partial charge in [-0.3, -0.25) is 0 Å². The van der Waals surface area contributed by atoms with Crippen molar-refractivity contribution in [1.82, 2.24) is 0 Å². The molecule has 126 valence electrons. The van der Waals surface area contributed by atoms with Crippen LogP contribution in [0.1, 0.15) is 11.1 Å². The number of carbonyl (C=O) groups excluding carboxylic acids is 1. The fourth-order valence-electron chi connectivity index (χ4n) is 2.08. The normalized spacial score (nSPS) is 11.2. The first kappa shape index (κ1) is 18.5. The molecule has 0 atom stereocenters. The lowest BCUT2D eigenvalue weighted by molar-refractivity contribution is -0.133. The molecule has 7 heteroatoms. The predicted molar refractivity (Wildman–Crippen MR) is 97.6 cm³/mol. The van der Waals surface area contributed by atoms with Gasteiger partial charge in [-0.2, -0.15) is 0 Å². The van der Waals surface area contributed by atoms with Crippen molar-refractivity contribution in [2.75, 3.05) is 7.11 Å². The Morgan fingerprint density at radius 3 is 2.54 bits per heavy atom. The Kier molecular flexibility index (Phi) is 6.81. The van der Waals surface area contributed by atoms with Gasteiger partial charge in [0, 0.05) is 16.5 Å². The standard InChI is InChI=1S/C17H15Br2NO4/c1-23-17(21)15(20-22)8-12-7-13(18)9-14(19)16(12)24-10-11-5-3-2-4-6-11/h2-7,9,22H,8,10H2,1H3/b20-15-. The average Bonchev–Trinajstić information content (AvgIpc) is 2.58. The molecule has 0 aliphatic heterocycles. The molecule has 0 aliphatic rings. The average molecular weight is 457 g/mol. The van der Waals surface area contributed by atoms with Gasteiger partial charge in [-0.15, -0.1) is 0 Å². The Hall–Kier alpha value is -1.86. The molecule has 0 saturated heterocycles. The van der Waals surface area contributed by atoms with E-state index in [2.05, 4.69) is 41.8 Å². The molecule has 2 aromatic rings. The number of methoxy groups -OCH3 is 1. The Bertz CT molecular complexity index is 748. The summed E-state index contributed by atoms with van der Waals surface area (Å²) in [5, 5.41) is 12.1. The number of oxime groups is 1. The van der Waals surface area contributed by atoms with Gasteiger partial charge in [-0.05, 0) is 33.6 Å². The third-order valence-electron chi connectivity index (χ3n) is 3.21. The van der Waals surface area contributed by atoms with Gasteiger partial charge in [-0.1, -0.05) is 51.4 Å². The monoisotopic (exact) mass is 455 g/mol. The van der Waals surface area contributed by atoms with Crippen LogP contribution in [0.25, 0.3) is 0 Å². The number of ether oxygens (including phenoxy) is 2. The van der Waals surface area contributed by atoms with Crippen molar-refractivity contribution in [3.63, 3.8) is 0 Å². The summed E-state index contributed by atoms with van der Waals surface area (Å²) >= 11 is 6.87. The zero-order valence-corrected chi connectivity index (χ0v) is 16.0. The maximum absolute atomic E-state index is 11.6. The highest BCUT2D eigenvalue weighted by atomic mass is 79.9. The second kappa shape index (κ2) is 8.84. The Morgan fingerprint density at radius 2 is 1.92 bits per heavy atom. The number of esters is 1. The maximum atomic E-state index is 11.6. The first-order valence-electron chi connectivity index (χ1n) is 6.99. The van der Waals surface area contributed by atoms with Gasteiger partial charge in [0.1, 0.15) is 12.4 Å². The summed E-state index contributed by atoms with van der Waals surface area (Å²) in [6.07, 6.45) is 0.0747. The lowest BCUT2D eigenvalue weighted by Gasteiger charge is -2.14. The molecule has 0 unspecified atom stereocenters. The molecule has 2 rings (SSSR count). The lowest BCUT2D eigenvalue weighted by Crippen LogP contribution is -2.19. The van der Waals surface area contributed by atoms with E-state index in [0.717, 1.165) is 14.5 Å². The van der Waals surface area contributed by atoms with Crippen molar-refractivity contribution >= 4 is 43.5 Å². The van der Waals surface area contributed by atoms with Gasteiger partial charge in [0.15, 0.2) is 5.71 Å². The molecule has 0 aromatic heterocycles. The second-order valence-electron chi connectivity index (χ2n) is 4.87. The van der Waals surface area contributed by atoms with Crippen molar-refractivity contribution in [3.8, 4) is 5.75 Å². The number of hydrogen-bond donors (Lipinski definition) is 1. The van der Waals surface area contributed by atoms with E-state index in [1.165, 1.54) is 7.11 Å². The summed E-state index contributed by atoms with van der Waals surface area (Å²) < 4.78 is 12.1. The van der Waals surface area contributed by atoms with Crippen LogP contribution in [0, 0.1) is 0 Å². The van der Waals surface area contributed by atoms with Crippen molar-refractivity contribution in [2.24, 2.45) is 5.16 Å². The van der Waals surface area contributed by atoms with Crippen LogP contribution >= 0.6 is 31.9 Å². The second-order valence-corrected chi connectivity index (χ2v) is 6.64. The van der Waals surface area contributed by atoms with Crippen LogP contribution in [0.15, 0.2) is 56.6 Å². The molecule has 0 heterocycles. The van der Waals surface area contributed by atoms with E-state index in [9.17, 15) is 4.79 Å². The van der Waals surface area contributed by atoms with Gasteiger partial charge < -0.3 is 14.7 Å². The third kappa shape index (κ3) is 4.82. The summed E-state index contributed by atoms with van der Waals surface area (Å²) in [6, 6.07) is 13.4. The Balaban J connectivity index is 2.28. The molecule has 0 amide bonds. The highest BCUT2D eigenvalue weighted by Gasteiger charge is 2.18. The first-order chi connectivity index (χ1) is 11.5. The van der Waals surface area contributed by atoms with Crippen molar-refractivity contribution in [1.29, 1.82) is 0 Å². The molecule has 5 nitrogen and oxygen atoms in total. The minimum absolute atomic E-state index is 0.0747.